The van der Waals surface area contributed by atoms with Crippen LogP contribution in [0.4, 0.5) is 0 Å². The van der Waals surface area contributed by atoms with Crippen molar-refractivity contribution in [1.82, 2.24) is 29.5 Å². The Hall–Kier alpha value is -16.9. The molecule has 6 heteroatoms. The summed E-state index contributed by atoms with van der Waals surface area (Å²) < 4.78 is 2.38. The molecule has 20 aromatic carbocycles. The predicted molar refractivity (Wildman–Crippen MR) is 571 cm³/mol. The fourth-order valence-electron chi connectivity index (χ4n) is 20.8. The molecular weight excluding hydrogens is 1630 g/mol. The summed E-state index contributed by atoms with van der Waals surface area (Å²) in [5.74, 6) is 0. The predicted octanol–water partition coefficient (Wildman–Crippen LogP) is 34.8. The van der Waals surface area contributed by atoms with E-state index in [1.807, 2.05) is 92.0 Å². The van der Waals surface area contributed by atoms with Crippen LogP contribution >= 0.6 is 0 Å². The molecule has 26 rings (SSSR count). The summed E-state index contributed by atoms with van der Waals surface area (Å²) in [7, 11) is 0. The van der Waals surface area contributed by atoms with Crippen LogP contribution in [0.5, 0.6) is 0 Å². The molecule has 0 aliphatic heterocycles. The van der Waals surface area contributed by atoms with E-state index in [1.165, 1.54) is 219 Å². The van der Waals surface area contributed by atoms with Gasteiger partial charge in [-0.3, -0.25) is 24.9 Å². The van der Waals surface area contributed by atoms with E-state index in [4.69, 9.17) is 0 Å². The Morgan fingerprint density at radius 1 is 0.185 bits per heavy atom. The van der Waals surface area contributed by atoms with Gasteiger partial charge in [-0.05, 0) is 298 Å². The SMILES string of the molecule is CC(C)(C)c1cc2ccc3c(-c4ccc(-c5ccccn5)cc4)cc(-c4ccc(-c5ccccn5)cc4)c4ccc(c1)c2c34.CC(C)(C)c1cc2ccc3c(-c4ccc(-c5cccnc5)cc4)cc(-c4ccc(-c5cccnc5)cc4)c4ccc(c1)c2c34.c1cncc(-c2ccc(-c3ccc4ccc5c(-c6ccc(-n7c8ccccc8c8ccccc87)cc6)ccc6ccc3c4c65)cc2)c1. The lowest BCUT2D eigenvalue weighted by Gasteiger charge is -2.23. The van der Waals surface area contributed by atoms with Crippen molar-refractivity contribution in [2.75, 3.05) is 0 Å². The molecule has 0 aliphatic rings. The summed E-state index contributed by atoms with van der Waals surface area (Å²) in [6, 6.07) is 146. The van der Waals surface area contributed by atoms with Crippen molar-refractivity contribution in [2.45, 2.75) is 52.4 Å². The highest BCUT2D eigenvalue weighted by molar-refractivity contribution is 6.31. The van der Waals surface area contributed by atoms with Crippen LogP contribution in [0.25, 0.3) is 247 Å². The maximum Gasteiger partial charge on any atom is 0.0701 e. The number of benzene rings is 20. The van der Waals surface area contributed by atoms with Gasteiger partial charge < -0.3 is 4.57 Å². The first-order valence-electron chi connectivity index (χ1n) is 46.6. The molecule has 135 heavy (non-hydrogen) atoms. The van der Waals surface area contributed by atoms with Gasteiger partial charge in [0.15, 0.2) is 0 Å². The molecule has 0 bridgehead atoms. The van der Waals surface area contributed by atoms with Gasteiger partial charge in [-0.15, -0.1) is 0 Å². The van der Waals surface area contributed by atoms with Gasteiger partial charge in [-0.1, -0.05) is 363 Å². The molecule has 0 saturated carbocycles. The second-order valence-electron chi connectivity index (χ2n) is 37.8. The summed E-state index contributed by atoms with van der Waals surface area (Å²) in [5, 5.41) is 26.0. The number of para-hydroxylation sites is 2. The quantitative estimate of drug-likeness (QED) is 0.114. The second-order valence-corrected chi connectivity index (χ2v) is 37.8. The van der Waals surface area contributed by atoms with Crippen molar-refractivity contribution in [1.29, 1.82) is 0 Å². The monoisotopic (exact) mass is 1720 g/mol. The first kappa shape index (κ1) is 81.3. The van der Waals surface area contributed by atoms with E-state index in [-0.39, 0.29) is 10.8 Å². The molecule has 638 valence electrons. The van der Waals surface area contributed by atoms with E-state index < -0.39 is 0 Å². The maximum absolute atomic E-state index is 4.56. The zero-order valence-corrected chi connectivity index (χ0v) is 75.9. The average Bonchev–Trinajstić information content (AvgIpc) is 1.58. The number of aromatic nitrogens is 6. The maximum atomic E-state index is 4.56. The molecule has 0 spiro atoms. The van der Waals surface area contributed by atoms with E-state index in [0.29, 0.717) is 0 Å². The number of hydrogen-bond donors (Lipinski definition) is 0. The highest BCUT2D eigenvalue weighted by Crippen LogP contribution is 2.51. The summed E-state index contributed by atoms with van der Waals surface area (Å²) in [6.07, 6.45) is 14.9. The highest BCUT2D eigenvalue weighted by atomic mass is 15.0. The van der Waals surface area contributed by atoms with Crippen molar-refractivity contribution in [3.63, 3.8) is 0 Å². The van der Waals surface area contributed by atoms with E-state index in [9.17, 15) is 0 Å². The van der Waals surface area contributed by atoms with Crippen LogP contribution in [0.1, 0.15) is 52.7 Å². The minimum atomic E-state index is 0.0749. The van der Waals surface area contributed by atoms with Crippen LogP contribution in [0.3, 0.4) is 0 Å². The number of hydrogen-bond acceptors (Lipinski definition) is 5. The van der Waals surface area contributed by atoms with Gasteiger partial charge in [0.1, 0.15) is 0 Å². The Bertz CT molecular complexity index is 8250. The van der Waals surface area contributed by atoms with Gasteiger partial charge >= 0.3 is 0 Å². The molecular formula is C129H92N6. The lowest BCUT2D eigenvalue weighted by atomic mass is 9.81. The largest absolute Gasteiger partial charge is 0.309 e. The van der Waals surface area contributed by atoms with E-state index in [0.717, 1.165) is 39.2 Å². The fourth-order valence-corrected chi connectivity index (χ4v) is 20.8. The van der Waals surface area contributed by atoms with Gasteiger partial charge in [-0.2, -0.15) is 0 Å². The van der Waals surface area contributed by atoms with Gasteiger partial charge in [0, 0.05) is 77.2 Å². The van der Waals surface area contributed by atoms with Crippen LogP contribution in [-0.4, -0.2) is 29.5 Å². The van der Waals surface area contributed by atoms with Gasteiger partial charge in [0.05, 0.1) is 22.4 Å². The summed E-state index contributed by atoms with van der Waals surface area (Å²) >= 11 is 0. The molecule has 0 aliphatic carbocycles. The van der Waals surface area contributed by atoms with Crippen molar-refractivity contribution in [3.8, 4) is 128 Å². The third-order valence-electron chi connectivity index (χ3n) is 27.7. The van der Waals surface area contributed by atoms with Crippen molar-refractivity contribution >= 4 is 119 Å². The number of fused-ring (bicyclic) bond motifs is 3. The van der Waals surface area contributed by atoms with Crippen LogP contribution in [0, 0.1) is 0 Å². The van der Waals surface area contributed by atoms with Crippen LogP contribution in [0.15, 0.2) is 450 Å². The second kappa shape index (κ2) is 33.2. The Labute approximate surface area is 784 Å². The summed E-state index contributed by atoms with van der Waals surface area (Å²) in [5.41, 5.74) is 32.3. The van der Waals surface area contributed by atoms with Crippen molar-refractivity contribution in [2.24, 2.45) is 0 Å². The molecule has 26 aromatic rings. The van der Waals surface area contributed by atoms with Gasteiger partial charge in [-0.25, -0.2) is 0 Å². The molecule has 0 saturated heterocycles. The van der Waals surface area contributed by atoms with E-state index in [2.05, 4.69) is 429 Å². The normalized spacial score (nSPS) is 11.9. The molecule has 0 atom stereocenters. The molecule has 0 fully saturated rings. The van der Waals surface area contributed by atoms with Gasteiger partial charge in [0.25, 0.3) is 0 Å². The minimum absolute atomic E-state index is 0.0749. The summed E-state index contributed by atoms with van der Waals surface area (Å²) in [4.78, 5) is 22.0. The smallest absolute Gasteiger partial charge is 0.0701 e. The molecule has 0 N–H and O–H groups in total. The zero-order valence-electron chi connectivity index (χ0n) is 75.9. The fraction of sp³-hybridized carbons (Fsp3) is 0.0620. The molecule has 0 radical (unpaired) electrons. The lowest BCUT2D eigenvalue weighted by molar-refractivity contribution is 0.591. The standard InChI is InChI=1S/C45H28N2.2C42H32N2/c1-3-9-42-38(7-1)39-8-2-4-10-43(39)47(42)35-21-15-31(16-22-35)37-24-18-33-19-25-40-36(23-17-32-20-26-41(37)45(33)44(32)40)30-13-11-29(12-14-30)34-6-5-27-46-28-34;1-42(2,3)35-22-31-16-18-36-38(29-12-8-27(9-13-29)33-6-4-20-43-25-33)24-39(37-19-17-32(23-35)40(31)41(36)37)30-14-10-28(11-15-30)34-7-5-21-44-26-34;1-42(2,3)33-24-31-18-20-34-36(27-10-14-29(15-11-27)38-8-4-6-22-43-38)26-37(35-21-19-32(25-33)40(31)41(34)35)28-12-16-30(17-13-28)39-9-5-7-23-44-39/h1-28H;2*4-26H,1-3H3. The zero-order chi connectivity index (χ0) is 90.6. The number of rotatable bonds is 12. The number of pyridine rings is 5. The Kier molecular flexibility index (Phi) is 20.0. The summed E-state index contributed by atoms with van der Waals surface area (Å²) in [6.45, 7) is 13.7. The Morgan fingerprint density at radius 3 is 0.778 bits per heavy atom. The van der Waals surface area contributed by atoms with Gasteiger partial charge in [0.2, 0.25) is 0 Å². The molecule has 0 amide bonds. The van der Waals surface area contributed by atoms with E-state index >= 15 is 0 Å². The lowest BCUT2D eigenvalue weighted by Crippen LogP contribution is -2.10. The van der Waals surface area contributed by atoms with Crippen LogP contribution in [-0.2, 0) is 10.8 Å². The molecule has 6 aromatic heterocycles. The highest BCUT2D eigenvalue weighted by Gasteiger charge is 2.26. The van der Waals surface area contributed by atoms with Crippen LogP contribution < -0.4 is 0 Å². The van der Waals surface area contributed by atoms with Crippen LogP contribution in [0.2, 0.25) is 0 Å². The van der Waals surface area contributed by atoms with Crippen molar-refractivity contribution < 1.29 is 0 Å². The minimum Gasteiger partial charge on any atom is -0.309 e. The molecule has 6 nitrogen and oxygen atoms in total. The molecule has 6 heterocycles. The third-order valence-corrected chi connectivity index (χ3v) is 27.7. The first-order valence-corrected chi connectivity index (χ1v) is 46.6. The Morgan fingerprint density at radius 2 is 0.467 bits per heavy atom. The topological polar surface area (TPSA) is 69.4 Å². The third kappa shape index (κ3) is 14.7. The van der Waals surface area contributed by atoms with Crippen molar-refractivity contribution in [3.05, 3.63) is 461 Å². The number of nitrogens with zero attached hydrogens (tertiary/aromatic N) is 6. The first-order chi connectivity index (χ1) is 66.2. The Balaban J connectivity index is 0.000000111. The molecule has 0 unspecified atom stereocenters. The average molecular weight is 1730 g/mol. The van der Waals surface area contributed by atoms with E-state index in [1.54, 1.807) is 0 Å².